The van der Waals surface area contributed by atoms with Gasteiger partial charge in [0.2, 0.25) is 5.91 Å². The number of amides is 1. The fraction of sp³-hybridized carbons (Fsp3) is 0.308. The summed E-state index contributed by atoms with van der Waals surface area (Å²) in [7, 11) is 3.62. The molecule has 1 saturated heterocycles. The largest absolute Gasteiger partial charge is 0.496 e. The van der Waals surface area contributed by atoms with Crippen LogP contribution in [0.3, 0.4) is 0 Å². The Hall–Kier alpha value is -3.18. The van der Waals surface area contributed by atoms with Gasteiger partial charge in [-0.3, -0.25) is 14.7 Å². The SMILES string of the molecule is COc1ccccc1CN1CCN(C)C(=O)[C@@H](Cc2ccccc2-c2cccnc2)C1. The molecule has 1 amide bonds. The van der Waals surface area contributed by atoms with E-state index >= 15 is 0 Å². The van der Waals surface area contributed by atoms with Gasteiger partial charge in [-0.15, -0.1) is 0 Å². The van der Waals surface area contributed by atoms with Gasteiger partial charge in [-0.05, 0) is 29.7 Å². The van der Waals surface area contributed by atoms with Gasteiger partial charge < -0.3 is 9.64 Å². The molecule has 0 spiro atoms. The lowest BCUT2D eigenvalue weighted by Gasteiger charge is -2.24. The van der Waals surface area contributed by atoms with Gasteiger partial charge in [0.1, 0.15) is 5.75 Å². The van der Waals surface area contributed by atoms with Crippen LogP contribution in [0.2, 0.25) is 0 Å². The predicted molar refractivity (Wildman–Crippen MR) is 123 cm³/mol. The van der Waals surface area contributed by atoms with Crippen molar-refractivity contribution in [3.05, 3.63) is 84.2 Å². The van der Waals surface area contributed by atoms with Gasteiger partial charge in [0.15, 0.2) is 0 Å². The molecule has 2 aromatic carbocycles. The van der Waals surface area contributed by atoms with E-state index in [1.54, 1.807) is 13.3 Å². The zero-order valence-corrected chi connectivity index (χ0v) is 18.2. The van der Waals surface area contributed by atoms with Crippen molar-refractivity contribution in [1.29, 1.82) is 0 Å². The van der Waals surface area contributed by atoms with Crippen molar-refractivity contribution in [3.63, 3.8) is 0 Å². The molecule has 1 aromatic heterocycles. The molecular weight excluding hydrogens is 386 g/mol. The molecule has 0 saturated carbocycles. The average molecular weight is 416 g/mol. The lowest BCUT2D eigenvalue weighted by atomic mass is 9.91. The molecule has 1 aliphatic heterocycles. The minimum Gasteiger partial charge on any atom is -0.496 e. The highest BCUT2D eigenvalue weighted by molar-refractivity contribution is 5.80. The zero-order chi connectivity index (χ0) is 21.6. The standard InChI is InChI=1S/C26H29N3O2/c1-28-14-15-29(18-22-9-4-6-12-25(22)31-2)19-23(26(28)30)16-20-8-3-5-11-24(20)21-10-7-13-27-17-21/h3-13,17,23H,14-16,18-19H2,1-2H3/t23-/m0/s1. The highest BCUT2D eigenvalue weighted by atomic mass is 16.5. The summed E-state index contributed by atoms with van der Waals surface area (Å²) in [6.45, 7) is 3.07. The van der Waals surface area contributed by atoms with E-state index in [-0.39, 0.29) is 11.8 Å². The van der Waals surface area contributed by atoms with E-state index in [4.69, 9.17) is 4.74 Å². The Balaban J connectivity index is 1.58. The molecule has 31 heavy (non-hydrogen) atoms. The lowest BCUT2D eigenvalue weighted by Crippen LogP contribution is -2.34. The molecule has 5 nitrogen and oxygen atoms in total. The first kappa shape index (κ1) is 21.1. The predicted octanol–water partition coefficient (Wildman–Crippen LogP) is 3.89. The average Bonchev–Trinajstić information content (AvgIpc) is 2.94. The molecule has 0 bridgehead atoms. The highest BCUT2D eigenvalue weighted by Crippen LogP contribution is 2.27. The molecule has 0 unspecified atom stereocenters. The first-order valence-electron chi connectivity index (χ1n) is 10.7. The van der Waals surface area contributed by atoms with E-state index in [9.17, 15) is 4.79 Å². The third-order valence-corrected chi connectivity index (χ3v) is 6.00. The molecule has 5 heteroatoms. The number of carbonyl (C=O) groups excluding carboxylic acids is 1. The van der Waals surface area contributed by atoms with E-state index in [0.717, 1.165) is 48.6 Å². The molecule has 1 fully saturated rings. The number of hydrogen-bond donors (Lipinski definition) is 0. The zero-order valence-electron chi connectivity index (χ0n) is 18.2. The number of hydrogen-bond acceptors (Lipinski definition) is 4. The van der Waals surface area contributed by atoms with E-state index in [0.29, 0.717) is 6.42 Å². The van der Waals surface area contributed by atoms with Crippen LogP contribution in [0.5, 0.6) is 5.75 Å². The number of pyridine rings is 1. The van der Waals surface area contributed by atoms with Crippen LogP contribution in [-0.4, -0.2) is 54.5 Å². The monoisotopic (exact) mass is 415 g/mol. The van der Waals surface area contributed by atoms with Gasteiger partial charge in [-0.25, -0.2) is 0 Å². The van der Waals surface area contributed by atoms with Crippen molar-refractivity contribution < 1.29 is 9.53 Å². The van der Waals surface area contributed by atoms with Gasteiger partial charge in [-0.2, -0.15) is 0 Å². The topological polar surface area (TPSA) is 45.7 Å². The van der Waals surface area contributed by atoms with Crippen molar-refractivity contribution >= 4 is 5.91 Å². The minimum absolute atomic E-state index is 0.0972. The molecule has 0 radical (unpaired) electrons. The summed E-state index contributed by atoms with van der Waals surface area (Å²) in [5, 5.41) is 0. The summed E-state index contributed by atoms with van der Waals surface area (Å²) in [6.07, 6.45) is 4.37. The Morgan fingerprint density at radius 1 is 1.00 bits per heavy atom. The van der Waals surface area contributed by atoms with Crippen LogP contribution < -0.4 is 4.74 Å². The Labute approximate surface area is 184 Å². The summed E-state index contributed by atoms with van der Waals surface area (Å²) < 4.78 is 5.54. The van der Waals surface area contributed by atoms with Gasteiger partial charge in [-0.1, -0.05) is 48.5 Å². The maximum absolute atomic E-state index is 13.2. The fourth-order valence-corrected chi connectivity index (χ4v) is 4.33. The van der Waals surface area contributed by atoms with Crippen LogP contribution in [0, 0.1) is 5.92 Å². The smallest absolute Gasteiger partial charge is 0.227 e. The second-order valence-electron chi connectivity index (χ2n) is 8.11. The summed E-state index contributed by atoms with van der Waals surface area (Å²) in [6, 6.07) is 20.5. The van der Waals surface area contributed by atoms with Crippen LogP contribution in [0.1, 0.15) is 11.1 Å². The summed E-state index contributed by atoms with van der Waals surface area (Å²) >= 11 is 0. The first-order valence-corrected chi connectivity index (χ1v) is 10.7. The third kappa shape index (κ3) is 4.94. The number of methoxy groups -OCH3 is 1. The normalized spacial score (nSPS) is 17.4. The number of rotatable bonds is 6. The van der Waals surface area contributed by atoms with E-state index in [1.165, 1.54) is 5.56 Å². The minimum atomic E-state index is -0.0972. The maximum Gasteiger partial charge on any atom is 0.227 e. The number of aromatic nitrogens is 1. The number of carbonyl (C=O) groups is 1. The van der Waals surface area contributed by atoms with E-state index < -0.39 is 0 Å². The Kier molecular flexibility index (Phi) is 6.63. The van der Waals surface area contributed by atoms with Crippen molar-refractivity contribution in [1.82, 2.24) is 14.8 Å². The lowest BCUT2D eigenvalue weighted by molar-refractivity contribution is -0.133. The van der Waals surface area contributed by atoms with Gasteiger partial charge >= 0.3 is 0 Å². The van der Waals surface area contributed by atoms with Crippen molar-refractivity contribution in [3.8, 4) is 16.9 Å². The van der Waals surface area contributed by atoms with Crippen molar-refractivity contribution in [2.45, 2.75) is 13.0 Å². The Bertz CT molecular complexity index is 1020. The first-order chi connectivity index (χ1) is 15.2. The van der Waals surface area contributed by atoms with Crippen LogP contribution in [0.25, 0.3) is 11.1 Å². The van der Waals surface area contributed by atoms with Crippen LogP contribution in [0.4, 0.5) is 0 Å². The molecule has 1 aliphatic rings. The molecule has 4 rings (SSSR count). The number of nitrogens with zero attached hydrogens (tertiary/aromatic N) is 3. The van der Waals surface area contributed by atoms with Crippen molar-refractivity contribution in [2.75, 3.05) is 33.8 Å². The molecule has 160 valence electrons. The number of likely N-dealkylation sites (N-methyl/N-ethyl adjacent to an activating group) is 1. The van der Waals surface area contributed by atoms with Gasteiger partial charge in [0, 0.05) is 56.7 Å². The van der Waals surface area contributed by atoms with Gasteiger partial charge in [0.25, 0.3) is 0 Å². The second-order valence-corrected chi connectivity index (χ2v) is 8.11. The summed E-state index contributed by atoms with van der Waals surface area (Å²) in [5.41, 5.74) is 4.56. The molecule has 0 aliphatic carbocycles. The van der Waals surface area contributed by atoms with Crippen LogP contribution in [0.15, 0.2) is 73.1 Å². The molecular formula is C26H29N3O2. The molecule has 1 atom stereocenters. The number of para-hydroxylation sites is 1. The maximum atomic E-state index is 13.2. The number of benzene rings is 2. The molecule has 0 N–H and O–H groups in total. The number of ether oxygens (including phenoxy) is 1. The van der Waals surface area contributed by atoms with E-state index in [2.05, 4.69) is 34.1 Å². The summed E-state index contributed by atoms with van der Waals surface area (Å²) in [4.78, 5) is 21.7. The van der Waals surface area contributed by atoms with Crippen LogP contribution in [-0.2, 0) is 17.8 Å². The van der Waals surface area contributed by atoms with Crippen LogP contribution >= 0.6 is 0 Å². The molecule has 2 heterocycles. The summed E-state index contributed by atoms with van der Waals surface area (Å²) in [5.74, 6) is 1.01. The van der Waals surface area contributed by atoms with Gasteiger partial charge in [0.05, 0.1) is 13.0 Å². The third-order valence-electron chi connectivity index (χ3n) is 6.00. The molecule has 3 aromatic rings. The van der Waals surface area contributed by atoms with E-state index in [1.807, 2.05) is 54.5 Å². The fourth-order valence-electron chi connectivity index (χ4n) is 4.33. The Morgan fingerprint density at radius 2 is 1.77 bits per heavy atom. The Morgan fingerprint density at radius 3 is 2.55 bits per heavy atom. The van der Waals surface area contributed by atoms with Crippen molar-refractivity contribution in [2.24, 2.45) is 5.92 Å². The highest BCUT2D eigenvalue weighted by Gasteiger charge is 2.29. The second kappa shape index (κ2) is 9.75. The quantitative estimate of drug-likeness (QED) is 0.613.